The average Bonchev–Trinajstić information content (AvgIpc) is 3.63. The molecule has 0 N–H and O–H groups in total. The van der Waals surface area contributed by atoms with Crippen LogP contribution in [0.15, 0.2) is 98.1 Å². The Balaban J connectivity index is 1.17. The van der Waals surface area contributed by atoms with Gasteiger partial charge < -0.3 is 13.7 Å². The van der Waals surface area contributed by atoms with Gasteiger partial charge in [0.2, 0.25) is 0 Å². The van der Waals surface area contributed by atoms with E-state index in [0.29, 0.717) is 13.1 Å². The zero-order chi connectivity index (χ0) is 27.8. The van der Waals surface area contributed by atoms with Crippen molar-refractivity contribution in [2.45, 2.75) is 13.1 Å². The molecule has 0 saturated heterocycles. The number of aromatic nitrogens is 9. The van der Waals surface area contributed by atoms with E-state index in [2.05, 4.69) is 78.2 Å². The second-order valence-corrected chi connectivity index (χ2v) is 10.7. The molecule has 0 bridgehead atoms. The predicted octanol–water partition coefficient (Wildman–Crippen LogP) is 6.01. The summed E-state index contributed by atoms with van der Waals surface area (Å²) >= 11 is 0. The Kier molecular flexibility index (Phi) is 4.75. The van der Waals surface area contributed by atoms with Crippen molar-refractivity contribution in [3.63, 3.8) is 0 Å². The normalized spacial score (nSPS) is 12.1. The number of hydrogen-bond acceptors (Lipinski definition) is 6. The van der Waals surface area contributed by atoms with Gasteiger partial charge in [-0.2, -0.15) is 0 Å². The van der Waals surface area contributed by atoms with E-state index in [1.165, 1.54) is 10.8 Å². The number of rotatable bonds is 4. The summed E-state index contributed by atoms with van der Waals surface area (Å²) in [5.74, 6) is 0. The van der Waals surface area contributed by atoms with Crippen molar-refractivity contribution in [3.05, 3.63) is 109 Å². The fourth-order valence-corrected chi connectivity index (χ4v) is 6.43. The maximum atomic E-state index is 5.01. The van der Waals surface area contributed by atoms with Crippen LogP contribution in [0.2, 0.25) is 0 Å². The van der Waals surface area contributed by atoms with Crippen molar-refractivity contribution in [1.29, 1.82) is 0 Å². The van der Waals surface area contributed by atoms with Crippen molar-refractivity contribution in [1.82, 2.24) is 43.6 Å². The van der Waals surface area contributed by atoms with E-state index >= 15 is 0 Å². The minimum Gasteiger partial charge on any atom is -0.341 e. The molecule has 1 aromatic carbocycles. The standard InChI is InChI=1S/C33H23N9/c1-40-28-14-34-10-8-22(28)25-12-21(37-16-29(25)40)18-42-32-23(6-4-9-36-32)26-11-20(13-38-33(26)42)17-41-27-7-3-2-5-24(27)31-30(41)15-35-19-39-31/h2-16,19H,17-18H2,1H3. The lowest BCUT2D eigenvalue weighted by Gasteiger charge is -2.09. The molecule has 42 heavy (non-hydrogen) atoms. The van der Waals surface area contributed by atoms with Gasteiger partial charge >= 0.3 is 0 Å². The van der Waals surface area contributed by atoms with Crippen molar-refractivity contribution in [3.8, 4) is 0 Å². The Labute approximate surface area is 238 Å². The monoisotopic (exact) mass is 545 g/mol. The van der Waals surface area contributed by atoms with Crippen molar-refractivity contribution >= 4 is 65.8 Å². The highest BCUT2D eigenvalue weighted by atomic mass is 15.1. The molecule has 0 atom stereocenters. The summed E-state index contributed by atoms with van der Waals surface area (Å²) in [5, 5.41) is 5.61. The Hall–Kier alpha value is -5.70. The number of nitrogens with zero attached hydrogens (tertiary/aromatic N) is 9. The SMILES string of the molecule is Cn1c2cnccc2c2cc(Cn3c4ncccc4c4cc(Cn5c6ccccc6c6ncncc65)cnc43)ncc21. The van der Waals surface area contributed by atoms with Gasteiger partial charge in [0.25, 0.3) is 0 Å². The van der Waals surface area contributed by atoms with E-state index in [1.807, 2.05) is 49.3 Å². The smallest absolute Gasteiger partial charge is 0.142 e. The van der Waals surface area contributed by atoms with Crippen molar-refractivity contribution in [2.24, 2.45) is 7.05 Å². The third kappa shape index (κ3) is 3.24. The highest BCUT2D eigenvalue weighted by Crippen LogP contribution is 2.32. The first-order chi connectivity index (χ1) is 20.7. The first-order valence-electron chi connectivity index (χ1n) is 13.8. The summed E-state index contributed by atoms with van der Waals surface area (Å²) in [6, 6.07) is 18.9. The second kappa shape index (κ2) is 8.65. The predicted molar refractivity (Wildman–Crippen MR) is 164 cm³/mol. The lowest BCUT2D eigenvalue weighted by molar-refractivity contribution is 0.813. The topological polar surface area (TPSA) is 92.1 Å². The van der Waals surface area contributed by atoms with Gasteiger partial charge in [-0.3, -0.25) is 9.97 Å². The number of pyridine rings is 4. The van der Waals surface area contributed by atoms with Gasteiger partial charge in [0, 0.05) is 59.1 Å². The van der Waals surface area contributed by atoms with Gasteiger partial charge in [-0.25, -0.2) is 19.9 Å². The summed E-state index contributed by atoms with van der Waals surface area (Å²) in [5.41, 5.74) is 9.11. The summed E-state index contributed by atoms with van der Waals surface area (Å²) in [6.07, 6.45) is 13.0. The van der Waals surface area contributed by atoms with Gasteiger partial charge in [0.05, 0.1) is 58.4 Å². The number of hydrogen-bond donors (Lipinski definition) is 0. The Morgan fingerprint density at radius 2 is 1.43 bits per heavy atom. The molecule has 0 unspecified atom stereocenters. The van der Waals surface area contributed by atoms with E-state index in [4.69, 9.17) is 15.0 Å². The van der Waals surface area contributed by atoms with Crippen LogP contribution >= 0.6 is 0 Å². The molecule has 0 aliphatic rings. The molecule has 9 heteroatoms. The van der Waals surface area contributed by atoms with Crippen LogP contribution in [-0.2, 0) is 20.1 Å². The molecule has 0 fully saturated rings. The largest absolute Gasteiger partial charge is 0.341 e. The fourth-order valence-electron chi connectivity index (χ4n) is 6.43. The third-order valence-corrected chi connectivity index (χ3v) is 8.36. The maximum absolute atomic E-state index is 5.01. The van der Waals surface area contributed by atoms with Gasteiger partial charge in [-0.1, -0.05) is 18.2 Å². The molecule has 8 aromatic heterocycles. The van der Waals surface area contributed by atoms with Crippen LogP contribution < -0.4 is 0 Å². The number of para-hydroxylation sites is 1. The number of fused-ring (bicyclic) bond motifs is 9. The van der Waals surface area contributed by atoms with E-state index in [0.717, 1.165) is 66.3 Å². The van der Waals surface area contributed by atoms with Crippen LogP contribution in [0.25, 0.3) is 65.8 Å². The third-order valence-electron chi connectivity index (χ3n) is 8.36. The lowest BCUT2D eigenvalue weighted by Crippen LogP contribution is -2.04. The van der Waals surface area contributed by atoms with E-state index in [9.17, 15) is 0 Å². The van der Waals surface area contributed by atoms with E-state index < -0.39 is 0 Å². The summed E-state index contributed by atoms with van der Waals surface area (Å²) in [7, 11) is 2.05. The van der Waals surface area contributed by atoms with E-state index in [-0.39, 0.29) is 0 Å². The molecule has 0 aliphatic carbocycles. The molecule has 200 valence electrons. The van der Waals surface area contributed by atoms with Crippen LogP contribution in [0.4, 0.5) is 0 Å². The van der Waals surface area contributed by atoms with Gasteiger partial charge in [-0.05, 0) is 42.0 Å². The Morgan fingerprint density at radius 3 is 2.40 bits per heavy atom. The Morgan fingerprint density at radius 1 is 0.571 bits per heavy atom. The van der Waals surface area contributed by atoms with Crippen LogP contribution in [0, 0.1) is 0 Å². The molecule has 9 rings (SSSR count). The summed E-state index contributed by atoms with van der Waals surface area (Å²) in [6.45, 7) is 1.21. The second-order valence-electron chi connectivity index (χ2n) is 10.7. The molecule has 9 aromatic rings. The number of aryl methyl sites for hydroxylation is 1. The molecule has 8 heterocycles. The van der Waals surface area contributed by atoms with Crippen LogP contribution in [0.1, 0.15) is 11.3 Å². The average molecular weight is 546 g/mol. The maximum Gasteiger partial charge on any atom is 0.142 e. The van der Waals surface area contributed by atoms with Crippen LogP contribution in [0.5, 0.6) is 0 Å². The highest BCUT2D eigenvalue weighted by molar-refractivity contribution is 6.08. The number of benzene rings is 1. The molecule has 0 amide bonds. The zero-order valence-corrected chi connectivity index (χ0v) is 22.7. The Bertz CT molecular complexity index is 2450. The van der Waals surface area contributed by atoms with Gasteiger partial charge in [-0.15, -0.1) is 0 Å². The first kappa shape index (κ1) is 23.0. The van der Waals surface area contributed by atoms with E-state index in [1.54, 1.807) is 6.33 Å². The minimum atomic E-state index is 0.561. The summed E-state index contributed by atoms with van der Waals surface area (Å²) in [4.78, 5) is 27.8. The zero-order valence-electron chi connectivity index (χ0n) is 22.7. The highest BCUT2D eigenvalue weighted by Gasteiger charge is 2.17. The molecular formula is C33H23N9. The first-order valence-corrected chi connectivity index (χ1v) is 13.8. The molecule has 0 saturated carbocycles. The molecular weight excluding hydrogens is 522 g/mol. The van der Waals surface area contributed by atoms with Gasteiger partial charge in [0.1, 0.15) is 17.6 Å². The minimum absolute atomic E-state index is 0.561. The van der Waals surface area contributed by atoms with Crippen molar-refractivity contribution < 1.29 is 0 Å². The quantitative estimate of drug-likeness (QED) is 0.269. The molecule has 0 aliphatic heterocycles. The lowest BCUT2D eigenvalue weighted by atomic mass is 10.2. The van der Waals surface area contributed by atoms with Gasteiger partial charge in [0.15, 0.2) is 0 Å². The van der Waals surface area contributed by atoms with Crippen molar-refractivity contribution in [2.75, 3.05) is 0 Å². The van der Waals surface area contributed by atoms with Crippen LogP contribution in [0.3, 0.4) is 0 Å². The molecule has 0 spiro atoms. The molecule has 0 radical (unpaired) electrons. The fraction of sp³-hybridized carbons (Fsp3) is 0.0909. The molecule has 9 nitrogen and oxygen atoms in total. The summed E-state index contributed by atoms with van der Waals surface area (Å²) < 4.78 is 6.58. The van der Waals surface area contributed by atoms with Crippen LogP contribution in [-0.4, -0.2) is 43.6 Å².